The Labute approximate surface area is 133 Å². The summed E-state index contributed by atoms with van der Waals surface area (Å²) < 4.78 is 0. The Balaban J connectivity index is 1.93. The van der Waals surface area contributed by atoms with Crippen molar-refractivity contribution in [2.45, 2.75) is 26.2 Å². The first-order chi connectivity index (χ1) is 10.4. The average Bonchev–Trinajstić information content (AvgIpc) is 3.08. The third-order valence-corrected chi connectivity index (χ3v) is 4.93. The number of rotatable bonds is 3. The van der Waals surface area contributed by atoms with Crippen LogP contribution in [0, 0.1) is 0 Å². The van der Waals surface area contributed by atoms with E-state index in [0.29, 0.717) is 11.4 Å². The van der Waals surface area contributed by atoms with E-state index in [-0.39, 0.29) is 11.8 Å². The van der Waals surface area contributed by atoms with Crippen LogP contribution in [0.5, 0.6) is 0 Å². The van der Waals surface area contributed by atoms with E-state index in [1.807, 2.05) is 50.4 Å². The van der Waals surface area contributed by atoms with Crippen LogP contribution < -0.4 is 10.2 Å². The van der Waals surface area contributed by atoms with Crippen molar-refractivity contribution < 1.29 is 9.59 Å². The molecule has 2 heterocycles. The predicted octanol–water partition coefficient (Wildman–Crippen LogP) is 3.64. The minimum Gasteiger partial charge on any atom is -0.321 e. The Hall–Kier alpha value is -2.14. The van der Waals surface area contributed by atoms with Crippen molar-refractivity contribution in [2.75, 3.05) is 16.8 Å². The van der Waals surface area contributed by atoms with Gasteiger partial charge in [-0.2, -0.15) is 0 Å². The van der Waals surface area contributed by atoms with Gasteiger partial charge in [0.25, 0.3) is 5.91 Å². The molecule has 0 bridgehead atoms. The van der Waals surface area contributed by atoms with Gasteiger partial charge in [0.1, 0.15) is 0 Å². The van der Waals surface area contributed by atoms with E-state index in [4.69, 9.17) is 0 Å². The first-order valence-electron chi connectivity index (χ1n) is 7.26. The number of nitrogens with one attached hydrogen (secondary N) is 1. The first kappa shape index (κ1) is 14.8. The highest BCUT2D eigenvalue weighted by molar-refractivity contribution is 7.12. The van der Waals surface area contributed by atoms with Crippen LogP contribution in [0.25, 0.3) is 0 Å². The van der Waals surface area contributed by atoms with Gasteiger partial charge in [0.15, 0.2) is 0 Å². The lowest BCUT2D eigenvalue weighted by atomic mass is 9.86. The van der Waals surface area contributed by atoms with Crippen LogP contribution in [0.1, 0.15) is 36.0 Å². The summed E-state index contributed by atoms with van der Waals surface area (Å²) in [6, 6.07) is 9.31. The summed E-state index contributed by atoms with van der Waals surface area (Å²) in [5.41, 5.74) is 2.06. The van der Waals surface area contributed by atoms with Gasteiger partial charge in [0.05, 0.1) is 10.3 Å². The molecule has 0 atom stereocenters. The van der Waals surface area contributed by atoms with Gasteiger partial charge in [0, 0.05) is 17.9 Å². The van der Waals surface area contributed by atoms with Gasteiger partial charge >= 0.3 is 0 Å². The molecule has 114 valence electrons. The number of carbonyl (C=O) groups is 2. The molecule has 1 aromatic carbocycles. The monoisotopic (exact) mass is 314 g/mol. The maximum atomic E-state index is 12.5. The lowest BCUT2D eigenvalue weighted by molar-refractivity contribution is -0.122. The number of fused-ring (bicyclic) bond motifs is 1. The lowest BCUT2D eigenvalue weighted by Gasteiger charge is -2.18. The molecule has 0 unspecified atom stereocenters. The van der Waals surface area contributed by atoms with Crippen molar-refractivity contribution in [3.8, 4) is 0 Å². The first-order valence-corrected chi connectivity index (χ1v) is 8.14. The number of benzene rings is 1. The molecular weight excluding hydrogens is 296 g/mol. The molecule has 0 fully saturated rings. The zero-order chi connectivity index (χ0) is 15.9. The van der Waals surface area contributed by atoms with E-state index in [1.54, 1.807) is 11.0 Å². The maximum Gasteiger partial charge on any atom is 0.265 e. The van der Waals surface area contributed by atoms with Gasteiger partial charge in [-0.05, 0) is 56.0 Å². The average molecular weight is 314 g/mol. The number of carbonyl (C=O) groups excluding carboxylic acids is 2. The lowest BCUT2D eigenvalue weighted by Crippen LogP contribution is -2.35. The normalized spacial score (nSPS) is 15.8. The smallest absolute Gasteiger partial charge is 0.265 e. The third kappa shape index (κ3) is 2.22. The van der Waals surface area contributed by atoms with Gasteiger partial charge in [-0.15, -0.1) is 11.3 Å². The largest absolute Gasteiger partial charge is 0.321 e. The number of nitrogens with zero attached hydrogens (tertiary/aromatic N) is 1. The van der Waals surface area contributed by atoms with Crippen LogP contribution in [-0.4, -0.2) is 18.4 Å². The van der Waals surface area contributed by atoms with Crippen molar-refractivity contribution in [2.24, 2.45) is 0 Å². The number of thiophene rings is 1. The molecule has 0 radical (unpaired) electrons. The van der Waals surface area contributed by atoms with E-state index in [1.165, 1.54) is 11.3 Å². The van der Waals surface area contributed by atoms with Crippen LogP contribution in [0.3, 0.4) is 0 Å². The molecule has 1 N–H and O–H groups in total. The summed E-state index contributed by atoms with van der Waals surface area (Å²) >= 11 is 1.41. The zero-order valence-corrected chi connectivity index (χ0v) is 13.7. The van der Waals surface area contributed by atoms with Crippen LogP contribution in [-0.2, 0) is 10.2 Å². The summed E-state index contributed by atoms with van der Waals surface area (Å²) in [5, 5.41) is 4.77. The van der Waals surface area contributed by atoms with Crippen molar-refractivity contribution in [3.05, 3.63) is 46.2 Å². The molecule has 0 spiro atoms. The molecule has 1 aliphatic rings. The fourth-order valence-electron chi connectivity index (χ4n) is 2.83. The Morgan fingerprint density at radius 1 is 1.32 bits per heavy atom. The number of hydrogen-bond donors (Lipinski definition) is 1. The highest BCUT2D eigenvalue weighted by Gasteiger charge is 2.43. The Morgan fingerprint density at radius 2 is 2.09 bits per heavy atom. The fourth-order valence-corrected chi connectivity index (χ4v) is 3.45. The Bertz CT molecular complexity index is 735. The summed E-state index contributed by atoms with van der Waals surface area (Å²) in [4.78, 5) is 27.1. The van der Waals surface area contributed by atoms with Crippen LogP contribution in [0.4, 0.5) is 11.4 Å². The number of amides is 2. The van der Waals surface area contributed by atoms with Crippen molar-refractivity contribution in [1.29, 1.82) is 0 Å². The SMILES string of the molecule is CCN1C(=O)C(C)(C)c2cc(NC(=O)c3cccs3)ccc21. The van der Waals surface area contributed by atoms with E-state index >= 15 is 0 Å². The minimum atomic E-state index is -0.561. The fraction of sp³-hybridized carbons (Fsp3) is 0.294. The highest BCUT2D eigenvalue weighted by Crippen LogP contribution is 2.42. The van der Waals surface area contributed by atoms with Gasteiger partial charge in [-0.25, -0.2) is 0 Å². The van der Waals surface area contributed by atoms with E-state index in [0.717, 1.165) is 16.9 Å². The topological polar surface area (TPSA) is 49.4 Å². The Morgan fingerprint density at radius 3 is 2.73 bits per heavy atom. The van der Waals surface area contributed by atoms with E-state index in [9.17, 15) is 9.59 Å². The van der Waals surface area contributed by atoms with E-state index < -0.39 is 5.41 Å². The molecule has 0 saturated heterocycles. The van der Waals surface area contributed by atoms with Crippen molar-refractivity contribution in [1.82, 2.24) is 0 Å². The molecule has 5 heteroatoms. The molecule has 1 aromatic heterocycles. The van der Waals surface area contributed by atoms with Gasteiger partial charge in [-0.1, -0.05) is 6.07 Å². The molecule has 22 heavy (non-hydrogen) atoms. The molecule has 1 aliphatic heterocycles. The molecule has 3 rings (SSSR count). The maximum absolute atomic E-state index is 12.5. The second-order valence-corrected chi connectivity index (χ2v) is 6.79. The summed E-state index contributed by atoms with van der Waals surface area (Å²) in [6.07, 6.45) is 0. The third-order valence-electron chi connectivity index (χ3n) is 4.06. The molecule has 2 amide bonds. The van der Waals surface area contributed by atoms with Crippen LogP contribution in [0.15, 0.2) is 35.7 Å². The molecule has 0 saturated carbocycles. The number of anilines is 2. The van der Waals surface area contributed by atoms with Gasteiger partial charge in [-0.3, -0.25) is 9.59 Å². The van der Waals surface area contributed by atoms with E-state index in [2.05, 4.69) is 5.32 Å². The second-order valence-electron chi connectivity index (χ2n) is 5.84. The predicted molar refractivity (Wildman–Crippen MR) is 89.8 cm³/mol. The molecule has 0 aliphatic carbocycles. The van der Waals surface area contributed by atoms with Crippen molar-refractivity contribution in [3.63, 3.8) is 0 Å². The van der Waals surface area contributed by atoms with Crippen molar-refractivity contribution >= 4 is 34.5 Å². The quantitative estimate of drug-likeness (QED) is 0.940. The Kier molecular flexibility index (Phi) is 3.53. The molecule has 4 nitrogen and oxygen atoms in total. The van der Waals surface area contributed by atoms with Crippen LogP contribution in [0.2, 0.25) is 0 Å². The summed E-state index contributed by atoms with van der Waals surface area (Å²) in [7, 11) is 0. The second kappa shape index (κ2) is 5.25. The number of hydrogen-bond acceptors (Lipinski definition) is 3. The summed E-state index contributed by atoms with van der Waals surface area (Å²) in [6.45, 7) is 6.47. The summed E-state index contributed by atoms with van der Waals surface area (Å²) in [5.74, 6) is -0.0174. The number of likely N-dealkylation sites (N-methyl/N-ethyl adjacent to an activating group) is 1. The molecular formula is C17H18N2O2S. The van der Waals surface area contributed by atoms with Crippen LogP contribution >= 0.6 is 11.3 Å². The molecule has 2 aromatic rings. The zero-order valence-electron chi connectivity index (χ0n) is 12.8. The highest BCUT2D eigenvalue weighted by atomic mass is 32.1. The minimum absolute atomic E-state index is 0.103. The standard InChI is InChI=1S/C17H18N2O2S/c1-4-19-13-8-7-11(10-12(13)17(2,3)16(19)21)18-15(20)14-6-5-9-22-14/h5-10H,4H2,1-3H3,(H,18,20). The van der Waals surface area contributed by atoms with Gasteiger partial charge in [0.2, 0.25) is 5.91 Å². The van der Waals surface area contributed by atoms with Gasteiger partial charge < -0.3 is 10.2 Å².